The van der Waals surface area contributed by atoms with Crippen LogP contribution in [0.25, 0.3) is 0 Å². The quantitative estimate of drug-likeness (QED) is 0.333. The highest BCUT2D eigenvalue weighted by atomic mass is 79.9. The molecule has 0 saturated heterocycles. The third-order valence-corrected chi connectivity index (χ3v) is 3.30. The average molecular weight is 426 g/mol. The normalized spacial score (nSPS) is 9.96. The van der Waals surface area contributed by atoms with Gasteiger partial charge in [0.25, 0.3) is 0 Å². The van der Waals surface area contributed by atoms with Crippen LogP contribution in [0.4, 0.5) is 5.95 Å². The molecule has 0 N–H and O–H groups in total. The van der Waals surface area contributed by atoms with E-state index in [1.54, 1.807) is 4.90 Å². The maximum Gasteiger partial charge on any atom is 0.344 e. The van der Waals surface area contributed by atoms with E-state index >= 15 is 0 Å². The fourth-order valence-corrected chi connectivity index (χ4v) is 2.04. The van der Waals surface area contributed by atoms with Crippen LogP contribution in [0.2, 0.25) is 0 Å². The van der Waals surface area contributed by atoms with E-state index in [0.717, 1.165) is 13.0 Å². The van der Waals surface area contributed by atoms with Gasteiger partial charge in [0.05, 0.1) is 6.61 Å². The lowest BCUT2D eigenvalue weighted by atomic mass is 10.4. The Morgan fingerprint density at radius 3 is 2.62 bits per heavy atom. The molecule has 2 rings (SSSR count). The molecule has 0 aliphatic heterocycles. The molecule has 8 nitrogen and oxygen atoms in total. The Hall–Kier alpha value is -2.29. The van der Waals surface area contributed by atoms with Gasteiger partial charge in [0.2, 0.25) is 5.95 Å². The van der Waals surface area contributed by atoms with E-state index in [1.807, 2.05) is 38.6 Å². The smallest absolute Gasteiger partial charge is 0.344 e. The predicted octanol–water partition coefficient (Wildman–Crippen LogP) is -2.20. The molecule has 2 aromatic heterocycles. The Morgan fingerprint density at radius 1 is 1.23 bits per heavy atom. The van der Waals surface area contributed by atoms with Crippen molar-refractivity contribution in [3.05, 3.63) is 36.7 Å². The van der Waals surface area contributed by atoms with Crippen molar-refractivity contribution in [2.75, 3.05) is 32.2 Å². The van der Waals surface area contributed by atoms with E-state index < -0.39 is 5.97 Å². The zero-order valence-electron chi connectivity index (χ0n) is 15.3. The molecule has 142 valence electrons. The van der Waals surface area contributed by atoms with E-state index in [0.29, 0.717) is 23.9 Å². The number of anilines is 1. The lowest BCUT2D eigenvalue weighted by Gasteiger charge is -2.10. The zero-order valence-corrected chi connectivity index (χ0v) is 16.8. The standard InChI is InChI=1S/C17H24N5O3.BrH/c1-4-8-22-9-5-14(6-10-22)25-12-16(23)24-11-7-15-18-13-19-17(20-15)21(2)3;/h5-6,9-10,13H,4,7-8,11-12H2,1-3H3;1H/q+1;/p-1. The number of halogens is 1. The molecule has 0 aliphatic carbocycles. The minimum absolute atomic E-state index is 0. The van der Waals surface area contributed by atoms with Gasteiger partial charge in [0, 0.05) is 39.1 Å². The van der Waals surface area contributed by atoms with Gasteiger partial charge in [0.1, 0.15) is 24.4 Å². The third-order valence-electron chi connectivity index (χ3n) is 3.30. The van der Waals surface area contributed by atoms with Gasteiger partial charge in [-0.1, -0.05) is 6.92 Å². The Labute approximate surface area is 164 Å². The molecule has 2 heterocycles. The Bertz CT molecular complexity index is 682. The second kappa shape index (κ2) is 11.3. The first-order valence-electron chi connectivity index (χ1n) is 8.21. The lowest BCUT2D eigenvalue weighted by molar-refractivity contribution is -0.697. The summed E-state index contributed by atoms with van der Waals surface area (Å²) in [4.78, 5) is 25.9. The number of rotatable bonds is 9. The maximum atomic E-state index is 11.7. The number of carbonyl (C=O) groups excluding carboxylic acids is 1. The third kappa shape index (κ3) is 7.30. The van der Waals surface area contributed by atoms with Crippen LogP contribution in [0.15, 0.2) is 30.9 Å². The molecule has 26 heavy (non-hydrogen) atoms. The van der Waals surface area contributed by atoms with Crippen LogP contribution in [0, 0.1) is 0 Å². The number of aryl methyl sites for hydroxylation is 1. The number of ether oxygens (including phenoxy) is 2. The highest BCUT2D eigenvalue weighted by Crippen LogP contribution is 2.06. The number of hydrogen-bond donors (Lipinski definition) is 0. The van der Waals surface area contributed by atoms with Crippen LogP contribution in [-0.2, 0) is 22.5 Å². The molecule has 0 radical (unpaired) electrons. The van der Waals surface area contributed by atoms with E-state index in [1.165, 1.54) is 6.33 Å². The highest BCUT2D eigenvalue weighted by Gasteiger charge is 2.08. The summed E-state index contributed by atoms with van der Waals surface area (Å²) in [7, 11) is 3.70. The number of carbonyl (C=O) groups is 1. The number of esters is 1. The Balaban J connectivity index is 0.00000338. The van der Waals surface area contributed by atoms with Gasteiger partial charge in [-0.15, -0.1) is 0 Å². The Kier molecular flexibility index (Phi) is 9.50. The van der Waals surface area contributed by atoms with Crippen LogP contribution in [-0.4, -0.2) is 48.2 Å². The van der Waals surface area contributed by atoms with Crippen molar-refractivity contribution in [1.29, 1.82) is 0 Å². The molecular formula is C17H24BrN5O3. The van der Waals surface area contributed by atoms with Gasteiger partial charge >= 0.3 is 5.97 Å². The van der Waals surface area contributed by atoms with Crippen molar-refractivity contribution in [2.24, 2.45) is 0 Å². The summed E-state index contributed by atoms with van der Waals surface area (Å²) in [5.41, 5.74) is 0. The van der Waals surface area contributed by atoms with E-state index in [2.05, 4.69) is 26.4 Å². The summed E-state index contributed by atoms with van der Waals surface area (Å²) in [6, 6.07) is 3.66. The monoisotopic (exact) mass is 425 g/mol. The minimum Gasteiger partial charge on any atom is -1.00 e. The fraction of sp³-hybridized carbons (Fsp3) is 0.471. The number of aromatic nitrogens is 4. The van der Waals surface area contributed by atoms with Gasteiger partial charge in [-0.2, -0.15) is 4.98 Å². The summed E-state index contributed by atoms with van der Waals surface area (Å²) >= 11 is 0. The van der Waals surface area contributed by atoms with Crippen LogP contribution < -0.4 is 31.2 Å². The first-order chi connectivity index (χ1) is 12.1. The average Bonchev–Trinajstić information content (AvgIpc) is 2.61. The van der Waals surface area contributed by atoms with E-state index in [4.69, 9.17) is 9.47 Å². The van der Waals surface area contributed by atoms with E-state index in [-0.39, 0.29) is 30.2 Å². The molecule has 0 amide bonds. The molecule has 0 atom stereocenters. The summed E-state index contributed by atoms with van der Waals surface area (Å²) in [5, 5.41) is 0. The molecule has 0 aliphatic rings. The summed E-state index contributed by atoms with van der Waals surface area (Å²) in [6.45, 7) is 3.14. The molecule has 0 bridgehead atoms. The summed E-state index contributed by atoms with van der Waals surface area (Å²) in [6.07, 6.45) is 6.79. The van der Waals surface area contributed by atoms with Crippen molar-refractivity contribution in [2.45, 2.75) is 26.3 Å². The number of hydrogen-bond acceptors (Lipinski definition) is 7. The van der Waals surface area contributed by atoms with Crippen LogP contribution >= 0.6 is 0 Å². The maximum absolute atomic E-state index is 11.7. The van der Waals surface area contributed by atoms with Gasteiger partial charge < -0.3 is 31.4 Å². The molecule has 9 heteroatoms. The Morgan fingerprint density at radius 2 is 1.96 bits per heavy atom. The molecule has 0 saturated carbocycles. The molecule has 0 fully saturated rings. The zero-order chi connectivity index (χ0) is 18.1. The number of nitrogens with zero attached hydrogens (tertiary/aromatic N) is 5. The van der Waals surface area contributed by atoms with Gasteiger partial charge in [-0.3, -0.25) is 0 Å². The molecule has 0 unspecified atom stereocenters. The predicted molar refractivity (Wildman–Crippen MR) is 91.2 cm³/mol. The van der Waals surface area contributed by atoms with Crippen molar-refractivity contribution in [3.63, 3.8) is 0 Å². The largest absolute Gasteiger partial charge is 1.00 e. The van der Waals surface area contributed by atoms with E-state index in [9.17, 15) is 4.79 Å². The van der Waals surface area contributed by atoms with Crippen LogP contribution in [0.3, 0.4) is 0 Å². The van der Waals surface area contributed by atoms with Crippen molar-refractivity contribution in [3.8, 4) is 5.75 Å². The minimum atomic E-state index is -0.424. The summed E-state index contributed by atoms with van der Waals surface area (Å²) < 4.78 is 12.6. The van der Waals surface area contributed by atoms with Crippen molar-refractivity contribution in [1.82, 2.24) is 15.0 Å². The topological polar surface area (TPSA) is 81.3 Å². The lowest BCUT2D eigenvalue weighted by Crippen LogP contribution is -3.00. The molecule has 2 aromatic rings. The molecular weight excluding hydrogens is 402 g/mol. The second-order valence-corrected chi connectivity index (χ2v) is 5.63. The fourth-order valence-electron chi connectivity index (χ4n) is 2.04. The van der Waals surface area contributed by atoms with Gasteiger partial charge in [-0.05, 0) is 0 Å². The second-order valence-electron chi connectivity index (χ2n) is 5.63. The van der Waals surface area contributed by atoms with Gasteiger partial charge in [0.15, 0.2) is 19.0 Å². The highest BCUT2D eigenvalue weighted by molar-refractivity contribution is 5.71. The summed E-state index contributed by atoms with van der Waals surface area (Å²) in [5.74, 6) is 1.37. The first kappa shape index (κ1) is 21.8. The first-order valence-corrected chi connectivity index (χ1v) is 8.21. The van der Waals surface area contributed by atoms with Crippen LogP contribution in [0.5, 0.6) is 5.75 Å². The molecule has 0 aromatic carbocycles. The number of pyridine rings is 1. The van der Waals surface area contributed by atoms with Crippen molar-refractivity contribution < 1.29 is 35.8 Å². The SMILES string of the molecule is CCC[n+]1ccc(OCC(=O)OCCc2ncnc(N(C)C)n2)cc1.[Br-]. The van der Waals surface area contributed by atoms with Crippen LogP contribution in [0.1, 0.15) is 19.2 Å². The van der Waals surface area contributed by atoms with Gasteiger partial charge in [-0.25, -0.2) is 19.3 Å². The molecule has 0 spiro atoms. The van der Waals surface area contributed by atoms with Crippen molar-refractivity contribution >= 4 is 11.9 Å².